The molecule has 0 saturated carbocycles. The molecule has 2 N–H and O–H groups in total. The van der Waals surface area contributed by atoms with Crippen LogP contribution in [0, 0.1) is 5.92 Å². The Balaban J connectivity index is 2.97. The summed E-state index contributed by atoms with van der Waals surface area (Å²) in [5.74, 6) is -0.177. The average molecular weight is 260 g/mol. The quantitative estimate of drug-likeness (QED) is 0.887. The van der Waals surface area contributed by atoms with Crippen LogP contribution in [0.2, 0.25) is 0 Å². The summed E-state index contributed by atoms with van der Waals surface area (Å²) in [7, 11) is 0. The predicted octanol–water partition coefficient (Wildman–Crippen LogP) is 3.23. The van der Waals surface area contributed by atoms with Gasteiger partial charge in [0.05, 0.1) is 0 Å². The Labute approximate surface area is 92.6 Å². The van der Waals surface area contributed by atoms with Gasteiger partial charge in [0.1, 0.15) is 5.67 Å². The number of hydrogen-bond acceptors (Lipinski definition) is 1. The fourth-order valence-corrected chi connectivity index (χ4v) is 1.55. The second-order valence-corrected chi connectivity index (χ2v) is 4.63. The van der Waals surface area contributed by atoms with E-state index in [0.717, 1.165) is 4.47 Å². The number of halogens is 2. The van der Waals surface area contributed by atoms with E-state index in [2.05, 4.69) is 15.9 Å². The van der Waals surface area contributed by atoms with Crippen molar-refractivity contribution in [2.75, 3.05) is 6.54 Å². The van der Waals surface area contributed by atoms with Crippen LogP contribution in [-0.2, 0) is 5.67 Å². The molecular formula is C11H15BrFN. The van der Waals surface area contributed by atoms with Crippen molar-refractivity contribution >= 4 is 15.9 Å². The van der Waals surface area contributed by atoms with Gasteiger partial charge in [-0.15, -0.1) is 0 Å². The number of rotatable bonds is 3. The van der Waals surface area contributed by atoms with Crippen molar-refractivity contribution in [2.24, 2.45) is 11.7 Å². The molecule has 0 aliphatic rings. The van der Waals surface area contributed by atoms with E-state index < -0.39 is 5.67 Å². The third-order valence-corrected chi connectivity index (χ3v) is 3.22. The molecule has 0 aromatic heterocycles. The summed E-state index contributed by atoms with van der Waals surface area (Å²) >= 11 is 3.32. The summed E-state index contributed by atoms with van der Waals surface area (Å²) < 4.78 is 15.2. The lowest BCUT2D eigenvalue weighted by atomic mass is 9.86. The number of benzene rings is 1. The van der Waals surface area contributed by atoms with Crippen LogP contribution in [0.3, 0.4) is 0 Å². The van der Waals surface area contributed by atoms with Gasteiger partial charge in [-0.2, -0.15) is 0 Å². The zero-order valence-corrected chi connectivity index (χ0v) is 10.0. The van der Waals surface area contributed by atoms with Crippen molar-refractivity contribution < 1.29 is 4.39 Å². The van der Waals surface area contributed by atoms with Crippen LogP contribution >= 0.6 is 15.9 Å². The third-order valence-electron chi connectivity index (χ3n) is 2.69. The van der Waals surface area contributed by atoms with Crippen LogP contribution < -0.4 is 5.73 Å². The maximum Gasteiger partial charge on any atom is 0.136 e. The van der Waals surface area contributed by atoms with Gasteiger partial charge < -0.3 is 5.73 Å². The minimum absolute atomic E-state index is 0.177. The van der Waals surface area contributed by atoms with Crippen LogP contribution in [0.4, 0.5) is 4.39 Å². The fourth-order valence-electron chi connectivity index (χ4n) is 1.28. The maximum absolute atomic E-state index is 14.3. The molecule has 0 bridgehead atoms. The summed E-state index contributed by atoms with van der Waals surface area (Å²) in [4.78, 5) is 0. The van der Waals surface area contributed by atoms with E-state index in [1.807, 2.05) is 19.1 Å². The van der Waals surface area contributed by atoms with E-state index in [4.69, 9.17) is 5.73 Å². The molecule has 0 amide bonds. The highest BCUT2D eigenvalue weighted by molar-refractivity contribution is 9.10. The van der Waals surface area contributed by atoms with Gasteiger partial charge in [-0.1, -0.05) is 35.0 Å². The van der Waals surface area contributed by atoms with E-state index in [-0.39, 0.29) is 5.92 Å². The normalized spacial score (nSPS) is 17.5. The zero-order valence-electron chi connectivity index (χ0n) is 8.43. The van der Waals surface area contributed by atoms with Gasteiger partial charge in [-0.25, -0.2) is 4.39 Å². The molecule has 1 nitrogen and oxygen atoms in total. The van der Waals surface area contributed by atoms with Crippen LogP contribution in [-0.4, -0.2) is 6.54 Å². The number of alkyl halides is 1. The van der Waals surface area contributed by atoms with Gasteiger partial charge in [0.2, 0.25) is 0 Å². The molecule has 78 valence electrons. The molecule has 0 spiro atoms. The third kappa shape index (κ3) is 2.34. The van der Waals surface area contributed by atoms with Gasteiger partial charge in [0, 0.05) is 10.4 Å². The van der Waals surface area contributed by atoms with Crippen molar-refractivity contribution in [1.82, 2.24) is 0 Å². The van der Waals surface area contributed by atoms with Crippen molar-refractivity contribution in [3.8, 4) is 0 Å². The Morgan fingerprint density at radius 3 is 2.36 bits per heavy atom. The molecular weight excluding hydrogens is 245 g/mol. The smallest absolute Gasteiger partial charge is 0.136 e. The minimum atomic E-state index is -1.35. The molecule has 0 heterocycles. The molecule has 0 aliphatic heterocycles. The van der Waals surface area contributed by atoms with Gasteiger partial charge >= 0.3 is 0 Å². The topological polar surface area (TPSA) is 26.0 Å². The lowest BCUT2D eigenvalue weighted by Gasteiger charge is -2.27. The predicted molar refractivity (Wildman–Crippen MR) is 60.8 cm³/mol. The SMILES string of the molecule is CC(CN)C(C)(F)c1ccc(Br)cc1. The fraction of sp³-hybridized carbons (Fsp3) is 0.455. The van der Waals surface area contributed by atoms with Crippen LogP contribution in [0.5, 0.6) is 0 Å². The Bertz CT molecular complexity index is 295. The molecule has 0 radical (unpaired) electrons. The van der Waals surface area contributed by atoms with Gasteiger partial charge in [0.15, 0.2) is 0 Å². The molecule has 0 aliphatic carbocycles. The Morgan fingerprint density at radius 1 is 1.43 bits per heavy atom. The van der Waals surface area contributed by atoms with Gasteiger partial charge in [-0.3, -0.25) is 0 Å². The first kappa shape index (κ1) is 11.7. The first-order valence-electron chi connectivity index (χ1n) is 4.63. The molecule has 0 fully saturated rings. The highest BCUT2D eigenvalue weighted by Crippen LogP contribution is 2.33. The molecule has 2 atom stereocenters. The molecule has 1 aromatic carbocycles. The van der Waals surface area contributed by atoms with E-state index in [0.29, 0.717) is 12.1 Å². The van der Waals surface area contributed by atoms with Crippen LogP contribution in [0.15, 0.2) is 28.7 Å². The van der Waals surface area contributed by atoms with E-state index >= 15 is 0 Å². The van der Waals surface area contributed by atoms with Gasteiger partial charge in [-0.05, 0) is 31.2 Å². The lowest BCUT2D eigenvalue weighted by Crippen LogP contribution is -2.30. The summed E-state index contributed by atoms with van der Waals surface area (Å²) in [6.45, 7) is 3.75. The highest BCUT2D eigenvalue weighted by atomic mass is 79.9. The summed E-state index contributed by atoms with van der Waals surface area (Å²) in [5, 5.41) is 0. The monoisotopic (exact) mass is 259 g/mol. The van der Waals surface area contributed by atoms with E-state index in [1.165, 1.54) is 0 Å². The Hall–Kier alpha value is -0.410. The maximum atomic E-state index is 14.3. The minimum Gasteiger partial charge on any atom is -0.330 e. The second-order valence-electron chi connectivity index (χ2n) is 3.72. The largest absolute Gasteiger partial charge is 0.330 e. The first-order valence-corrected chi connectivity index (χ1v) is 5.42. The standard InChI is InChI=1S/C11H15BrFN/c1-8(7-14)11(2,13)9-3-5-10(12)6-4-9/h3-6,8H,7,14H2,1-2H3. The molecule has 1 aromatic rings. The summed E-state index contributed by atoms with van der Waals surface area (Å²) in [5.41, 5.74) is 4.80. The van der Waals surface area contributed by atoms with Crippen molar-refractivity contribution in [3.63, 3.8) is 0 Å². The highest BCUT2D eigenvalue weighted by Gasteiger charge is 2.31. The van der Waals surface area contributed by atoms with Crippen molar-refractivity contribution in [1.29, 1.82) is 0 Å². The van der Waals surface area contributed by atoms with Crippen LogP contribution in [0.1, 0.15) is 19.4 Å². The van der Waals surface area contributed by atoms with Crippen molar-refractivity contribution in [3.05, 3.63) is 34.3 Å². The molecule has 3 heteroatoms. The van der Waals surface area contributed by atoms with Gasteiger partial charge in [0.25, 0.3) is 0 Å². The molecule has 2 unspecified atom stereocenters. The molecule has 0 saturated heterocycles. The van der Waals surface area contributed by atoms with Crippen molar-refractivity contribution in [2.45, 2.75) is 19.5 Å². The Morgan fingerprint density at radius 2 is 1.93 bits per heavy atom. The number of nitrogens with two attached hydrogens (primary N) is 1. The average Bonchev–Trinajstić information content (AvgIpc) is 2.17. The first-order chi connectivity index (χ1) is 6.48. The van der Waals surface area contributed by atoms with E-state index in [9.17, 15) is 4.39 Å². The molecule has 14 heavy (non-hydrogen) atoms. The van der Waals surface area contributed by atoms with Crippen LogP contribution in [0.25, 0.3) is 0 Å². The van der Waals surface area contributed by atoms with E-state index in [1.54, 1.807) is 19.1 Å². The lowest BCUT2D eigenvalue weighted by molar-refractivity contribution is 0.117. The second kappa shape index (κ2) is 4.41. The number of hydrogen-bond donors (Lipinski definition) is 1. The summed E-state index contributed by atoms with van der Waals surface area (Å²) in [6, 6.07) is 7.26. The molecule has 1 rings (SSSR count). The Kier molecular flexibility index (Phi) is 3.67. The summed E-state index contributed by atoms with van der Waals surface area (Å²) in [6.07, 6.45) is 0. The zero-order chi connectivity index (χ0) is 10.8.